The SMILES string of the molecule is Cc1cc(C2CCCNC2)oc(=O)c1C(=O)Nc1ccnn1Cc1ccncc1. The zero-order chi connectivity index (χ0) is 20.2. The fourth-order valence-corrected chi connectivity index (χ4v) is 3.61. The van der Waals surface area contributed by atoms with Crippen LogP contribution in [0.2, 0.25) is 0 Å². The van der Waals surface area contributed by atoms with Gasteiger partial charge in [-0.3, -0.25) is 9.78 Å². The maximum absolute atomic E-state index is 12.8. The lowest BCUT2D eigenvalue weighted by atomic mass is 9.95. The number of nitrogens with zero attached hydrogens (tertiary/aromatic N) is 3. The standard InChI is InChI=1S/C21H23N5O3/c1-14-11-17(16-3-2-7-23-12-16)29-21(28)19(14)20(27)25-18-6-10-24-26(18)13-15-4-8-22-9-5-15/h4-6,8-11,16,23H,2-3,7,12-13H2,1H3,(H,25,27). The second kappa shape index (κ2) is 8.40. The van der Waals surface area contributed by atoms with E-state index in [9.17, 15) is 9.59 Å². The van der Waals surface area contributed by atoms with Crippen LogP contribution in [-0.2, 0) is 6.54 Å². The highest BCUT2D eigenvalue weighted by Crippen LogP contribution is 2.24. The van der Waals surface area contributed by atoms with Crippen LogP contribution < -0.4 is 16.3 Å². The molecular formula is C21H23N5O3. The van der Waals surface area contributed by atoms with Crippen molar-refractivity contribution < 1.29 is 9.21 Å². The number of carbonyl (C=O) groups is 1. The largest absolute Gasteiger partial charge is 0.427 e. The quantitative estimate of drug-likeness (QED) is 0.690. The fraction of sp³-hybridized carbons (Fsp3) is 0.333. The highest BCUT2D eigenvalue weighted by atomic mass is 16.4. The maximum Gasteiger partial charge on any atom is 0.349 e. The van der Waals surface area contributed by atoms with Crippen molar-refractivity contribution in [1.82, 2.24) is 20.1 Å². The molecule has 1 saturated heterocycles. The van der Waals surface area contributed by atoms with Gasteiger partial charge in [-0.2, -0.15) is 5.10 Å². The zero-order valence-corrected chi connectivity index (χ0v) is 16.2. The molecule has 1 aliphatic heterocycles. The minimum absolute atomic E-state index is 0.0224. The second-order valence-electron chi connectivity index (χ2n) is 7.22. The van der Waals surface area contributed by atoms with E-state index in [2.05, 4.69) is 20.7 Å². The van der Waals surface area contributed by atoms with Gasteiger partial charge in [0.05, 0.1) is 12.7 Å². The number of nitrogens with one attached hydrogen (secondary N) is 2. The Balaban J connectivity index is 1.53. The molecule has 0 bridgehead atoms. The van der Waals surface area contributed by atoms with Crippen molar-refractivity contribution in [2.24, 2.45) is 0 Å². The first-order chi connectivity index (χ1) is 14.1. The van der Waals surface area contributed by atoms with Gasteiger partial charge in [0.1, 0.15) is 17.1 Å². The van der Waals surface area contributed by atoms with E-state index in [0.717, 1.165) is 31.5 Å². The number of aryl methyl sites for hydroxylation is 1. The number of pyridine rings is 1. The third-order valence-corrected chi connectivity index (χ3v) is 5.13. The van der Waals surface area contributed by atoms with E-state index in [4.69, 9.17) is 4.42 Å². The summed E-state index contributed by atoms with van der Waals surface area (Å²) < 4.78 is 7.17. The molecule has 1 amide bonds. The normalized spacial score (nSPS) is 16.5. The van der Waals surface area contributed by atoms with Gasteiger partial charge in [0.15, 0.2) is 0 Å². The molecule has 8 heteroatoms. The number of carbonyl (C=O) groups excluding carboxylic acids is 1. The predicted molar refractivity (Wildman–Crippen MR) is 108 cm³/mol. The Bertz CT molecular complexity index is 1050. The highest BCUT2D eigenvalue weighted by Gasteiger charge is 2.23. The Hall–Kier alpha value is -3.26. The molecule has 0 spiro atoms. The number of hydrogen-bond donors (Lipinski definition) is 2. The van der Waals surface area contributed by atoms with Gasteiger partial charge in [-0.1, -0.05) is 0 Å². The summed E-state index contributed by atoms with van der Waals surface area (Å²) in [7, 11) is 0. The number of anilines is 1. The van der Waals surface area contributed by atoms with Crippen molar-refractivity contribution in [2.75, 3.05) is 18.4 Å². The van der Waals surface area contributed by atoms with E-state index in [0.29, 0.717) is 23.7 Å². The lowest BCUT2D eigenvalue weighted by Crippen LogP contribution is -2.30. The lowest BCUT2D eigenvalue weighted by Gasteiger charge is -2.22. The molecule has 1 aliphatic rings. The van der Waals surface area contributed by atoms with Gasteiger partial charge < -0.3 is 15.1 Å². The van der Waals surface area contributed by atoms with Crippen molar-refractivity contribution in [3.63, 3.8) is 0 Å². The first-order valence-corrected chi connectivity index (χ1v) is 9.69. The number of rotatable bonds is 5. The van der Waals surface area contributed by atoms with Crippen molar-refractivity contribution in [1.29, 1.82) is 0 Å². The summed E-state index contributed by atoms with van der Waals surface area (Å²) in [6.45, 7) is 4.00. The first-order valence-electron chi connectivity index (χ1n) is 9.69. The van der Waals surface area contributed by atoms with Gasteiger partial charge in [-0.05, 0) is 55.6 Å². The summed E-state index contributed by atoms with van der Waals surface area (Å²) in [6, 6.07) is 7.26. The van der Waals surface area contributed by atoms with Crippen LogP contribution in [0.1, 0.15) is 46.0 Å². The Morgan fingerprint density at radius 1 is 1.31 bits per heavy atom. The summed E-state index contributed by atoms with van der Waals surface area (Å²) in [5.74, 6) is 0.806. The molecule has 4 rings (SSSR count). The van der Waals surface area contributed by atoms with E-state index in [1.807, 2.05) is 18.2 Å². The molecule has 0 saturated carbocycles. The number of aromatic nitrogens is 3. The smallest absolute Gasteiger partial charge is 0.349 e. The molecule has 8 nitrogen and oxygen atoms in total. The Labute approximate surface area is 168 Å². The molecule has 1 unspecified atom stereocenters. The van der Waals surface area contributed by atoms with Crippen molar-refractivity contribution in [2.45, 2.75) is 32.2 Å². The minimum Gasteiger partial charge on any atom is -0.427 e. The number of hydrogen-bond acceptors (Lipinski definition) is 6. The summed E-state index contributed by atoms with van der Waals surface area (Å²) in [6.07, 6.45) is 7.02. The third kappa shape index (κ3) is 4.27. The number of piperidine rings is 1. The van der Waals surface area contributed by atoms with Crippen LogP contribution in [0.3, 0.4) is 0 Å². The highest BCUT2D eigenvalue weighted by molar-refractivity contribution is 6.04. The fourth-order valence-electron chi connectivity index (χ4n) is 3.61. The molecule has 0 aliphatic carbocycles. The van der Waals surface area contributed by atoms with Gasteiger partial charge in [-0.25, -0.2) is 9.48 Å². The maximum atomic E-state index is 12.8. The van der Waals surface area contributed by atoms with Gasteiger partial charge in [0, 0.05) is 30.9 Å². The van der Waals surface area contributed by atoms with Crippen LogP contribution in [0.15, 0.2) is 52.1 Å². The monoisotopic (exact) mass is 393 g/mol. The molecule has 150 valence electrons. The Morgan fingerprint density at radius 3 is 2.86 bits per heavy atom. The first kappa shape index (κ1) is 19.1. The van der Waals surface area contributed by atoms with E-state index in [1.54, 1.807) is 36.3 Å². The van der Waals surface area contributed by atoms with E-state index >= 15 is 0 Å². The van der Waals surface area contributed by atoms with Crippen LogP contribution in [-0.4, -0.2) is 33.8 Å². The summed E-state index contributed by atoms with van der Waals surface area (Å²) >= 11 is 0. The van der Waals surface area contributed by atoms with E-state index in [1.165, 1.54) is 0 Å². The molecule has 4 heterocycles. The molecule has 29 heavy (non-hydrogen) atoms. The molecule has 2 N–H and O–H groups in total. The Morgan fingerprint density at radius 2 is 2.14 bits per heavy atom. The van der Waals surface area contributed by atoms with Gasteiger partial charge in [0.25, 0.3) is 5.91 Å². The van der Waals surface area contributed by atoms with Crippen LogP contribution in [0.4, 0.5) is 5.82 Å². The summed E-state index contributed by atoms with van der Waals surface area (Å²) in [4.78, 5) is 29.4. The molecule has 0 radical (unpaired) electrons. The second-order valence-corrected chi connectivity index (χ2v) is 7.22. The van der Waals surface area contributed by atoms with Crippen LogP contribution in [0.25, 0.3) is 0 Å². The molecule has 1 fully saturated rings. The van der Waals surface area contributed by atoms with Crippen molar-refractivity contribution >= 4 is 11.7 Å². The van der Waals surface area contributed by atoms with Crippen LogP contribution in [0.5, 0.6) is 0 Å². The van der Waals surface area contributed by atoms with Crippen LogP contribution in [0, 0.1) is 6.92 Å². The van der Waals surface area contributed by atoms with E-state index in [-0.39, 0.29) is 11.5 Å². The van der Waals surface area contributed by atoms with Crippen LogP contribution >= 0.6 is 0 Å². The van der Waals surface area contributed by atoms with Gasteiger partial charge in [-0.15, -0.1) is 0 Å². The zero-order valence-electron chi connectivity index (χ0n) is 16.2. The molecule has 3 aromatic heterocycles. The average Bonchev–Trinajstić information content (AvgIpc) is 3.15. The number of amides is 1. The lowest BCUT2D eigenvalue weighted by molar-refractivity contribution is 0.102. The third-order valence-electron chi connectivity index (χ3n) is 5.13. The van der Waals surface area contributed by atoms with Gasteiger partial charge in [0.2, 0.25) is 0 Å². The Kier molecular flexibility index (Phi) is 5.53. The molecule has 0 aromatic carbocycles. The average molecular weight is 393 g/mol. The minimum atomic E-state index is -0.608. The molecule has 1 atom stereocenters. The molecular weight excluding hydrogens is 370 g/mol. The molecule has 3 aromatic rings. The van der Waals surface area contributed by atoms with Gasteiger partial charge >= 0.3 is 5.63 Å². The van der Waals surface area contributed by atoms with E-state index < -0.39 is 11.5 Å². The summed E-state index contributed by atoms with van der Waals surface area (Å²) in [5, 5.41) is 10.3. The summed E-state index contributed by atoms with van der Waals surface area (Å²) in [5.41, 5.74) is 1.03. The van der Waals surface area contributed by atoms with Crippen molar-refractivity contribution in [3.05, 3.63) is 75.7 Å². The predicted octanol–water partition coefficient (Wildman–Crippen LogP) is 2.31. The topological polar surface area (TPSA) is 102 Å². The van der Waals surface area contributed by atoms with Crippen molar-refractivity contribution in [3.8, 4) is 0 Å².